The summed E-state index contributed by atoms with van der Waals surface area (Å²) >= 11 is 1.84. The third-order valence-electron chi connectivity index (χ3n) is 3.60. The lowest BCUT2D eigenvalue weighted by molar-refractivity contribution is 0.312. The van der Waals surface area contributed by atoms with Crippen LogP contribution in [0.1, 0.15) is 24.1 Å². The Balaban J connectivity index is 1.67. The highest BCUT2D eigenvalue weighted by Gasteiger charge is 2.22. The summed E-state index contributed by atoms with van der Waals surface area (Å²) in [4.78, 5) is 1.33. The molecule has 0 amide bonds. The molecule has 0 aromatic heterocycles. The predicted octanol–water partition coefficient (Wildman–Crippen LogP) is 3.94. The molecule has 0 spiro atoms. The maximum absolute atomic E-state index is 13.3. The zero-order valence-electron chi connectivity index (χ0n) is 11.9. The van der Waals surface area contributed by atoms with Crippen LogP contribution in [0.3, 0.4) is 0 Å². The molecule has 1 heterocycles. The average molecular weight is 303 g/mol. The number of hydrogen-bond donors (Lipinski definition) is 1. The summed E-state index contributed by atoms with van der Waals surface area (Å²) in [5, 5.41) is 0.397. The molecule has 21 heavy (non-hydrogen) atoms. The third-order valence-corrected chi connectivity index (χ3v) is 4.89. The van der Waals surface area contributed by atoms with Gasteiger partial charge in [0.25, 0.3) is 0 Å². The Morgan fingerprint density at radius 1 is 1.33 bits per heavy atom. The molecule has 4 heteroatoms. The van der Waals surface area contributed by atoms with Crippen molar-refractivity contribution < 1.29 is 9.13 Å². The van der Waals surface area contributed by atoms with Gasteiger partial charge < -0.3 is 10.5 Å². The fraction of sp³-hybridized carbons (Fsp3) is 0.294. The molecule has 0 aliphatic carbocycles. The van der Waals surface area contributed by atoms with E-state index in [2.05, 4.69) is 24.3 Å². The van der Waals surface area contributed by atoms with Crippen LogP contribution in [0, 0.1) is 5.82 Å². The summed E-state index contributed by atoms with van der Waals surface area (Å²) in [6.45, 7) is 2.44. The Hall–Kier alpha value is -1.52. The van der Waals surface area contributed by atoms with Gasteiger partial charge in [0, 0.05) is 21.8 Å². The van der Waals surface area contributed by atoms with Crippen LogP contribution >= 0.6 is 11.8 Å². The molecule has 2 nitrogen and oxygen atoms in total. The normalized spacial score (nSPS) is 18.3. The van der Waals surface area contributed by atoms with Gasteiger partial charge in [-0.3, -0.25) is 0 Å². The zero-order valence-corrected chi connectivity index (χ0v) is 12.7. The monoisotopic (exact) mass is 303 g/mol. The first-order valence-corrected chi connectivity index (χ1v) is 7.94. The Morgan fingerprint density at radius 3 is 2.90 bits per heavy atom. The Morgan fingerprint density at radius 2 is 2.14 bits per heavy atom. The summed E-state index contributed by atoms with van der Waals surface area (Å²) in [6, 6.07) is 12.7. The molecule has 1 aliphatic heterocycles. The molecule has 2 N–H and O–H groups in total. The van der Waals surface area contributed by atoms with E-state index in [0.717, 1.165) is 12.0 Å². The topological polar surface area (TPSA) is 35.2 Å². The van der Waals surface area contributed by atoms with Crippen LogP contribution in [-0.4, -0.2) is 11.9 Å². The number of fused-ring (bicyclic) bond motifs is 1. The van der Waals surface area contributed by atoms with E-state index in [9.17, 15) is 4.39 Å². The van der Waals surface area contributed by atoms with Crippen molar-refractivity contribution in [3.8, 4) is 5.75 Å². The van der Waals surface area contributed by atoms with Crippen LogP contribution in [0.15, 0.2) is 47.4 Å². The summed E-state index contributed by atoms with van der Waals surface area (Å²) < 4.78 is 19.2. The molecule has 0 saturated heterocycles. The second-order valence-corrected chi connectivity index (χ2v) is 6.68. The summed E-state index contributed by atoms with van der Waals surface area (Å²) in [5.74, 6) is 0.403. The van der Waals surface area contributed by atoms with Crippen molar-refractivity contribution in [2.24, 2.45) is 5.73 Å². The number of thioether (sulfide) groups is 1. The fourth-order valence-electron chi connectivity index (χ4n) is 2.54. The molecule has 0 radical (unpaired) electrons. The van der Waals surface area contributed by atoms with Gasteiger partial charge in [-0.1, -0.05) is 18.2 Å². The van der Waals surface area contributed by atoms with Crippen LogP contribution in [0.5, 0.6) is 5.75 Å². The number of hydrogen-bond acceptors (Lipinski definition) is 3. The Kier molecular flexibility index (Phi) is 4.17. The van der Waals surface area contributed by atoms with Gasteiger partial charge in [0.05, 0.1) is 0 Å². The van der Waals surface area contributed by atoms with Gasteiger partial charge in [-0.05, 0) is 43.2 Å². The lowest BCUT2D eigenvalue weighted by Gasteiger charge is -2.16. The summed E-state index contributed by atoms with van der Waals surface area (Å²) in [6.07, 6.45) is 1.01. The minimum Gasteiger partial charge on any atom is -0.492 e. The molecule has 1 unspecified atom stereocenters. The molecule has 0 bridgehead atoms. The van der Waals surface area contributed by atoms with Crippen molar-refractivity contribution in [1.82, 2.24) is 0 Å². The SMILES string of the molecule is C[C@H](N)c1cc(F)ccc1OCC1Cc2ccccc2S1. The van der Waals surface area contributed by atoms with E-state index >= 15 is 0 Å². The first kappa shape index (κ1) is 14.4. The van der Waals surface area contributed by atoms with Gasteiger partial charge in [-0.15, -0.1) is 11.8 Å². The largest absolute Gasteiger partial charge is 0.492 e. The van der Waals surface area contributed by atoms with Crippen LogP contribution < -0.4 is 10.5 Å². The van der Waals surface area contributed by atoms with Gasteiger partial charge in [0.1, 0.15) is 18.2 Å². The quantitative estimate of drug-likeness (QED) is 0.929. The first-order valence-electron chi connectivity index (χ1n) is 7.06. The standard InChI is InChI=1S/C17H18FNOS/c1-11(19)15-9-13(18)6-7-16(15)20-10-14-8-12-4-2-3-5-17(12)21-14/h2-7,9,11,14H,8,10,19H2,1H3/t11-,14?/m0/s1. The van der Waals surface area contributed by atoms with E-state index in [-0.39, 0.29) is 11.9 Å². The highest BCUT2D eigenvalue weighted by atomic mass is 32.2. The van der Waals surface area contributed by atoms with E-state index in [1.165, 1.54) is 22.6 Å². The van der Waals surface area contributed by atoms with Crippen LogP contribution in [0.4, 0.5) is 4.39 Å². The molecule has 0 saturated carbocycles. The smallest absolute Gasteiger partial charge is 0.124 e. The fourth-order valence-corrected chi connectivity index (χ4v) is 3.75. The predicted molar refractivity (Wildman–Crippen MR) is 84.3 cm³/mol. The maximum Gasteiger partial charge on any atom is 0.124 e. The minimum atomic E-state index is -0.280. The van der Waals surface area contributed by atoms with Crippen LogP contribution in [0.2, 0.25) is 0 Å². The second-order valence-electron chi connectivity index (χ2n) is 5.33. The van der Waals surface area contributed by atoms with Crippen molar-refractivity contribution in [3.05, 3.63) is 59.4 Å². The zero-order chi connectivity index (χ0) is 14.8. The lowest BCUT2D eigenvalue weighted by Crippen LogP contribution is -2.16. The molecule has 3 rings (SSSR count). The molecule has 0 fully saturated rings. The Bertz CT molecular complexity index is 619. The molecule has 2 aromatic carbocycles. The number of halogens is 1. The average Bonchev–Trinajstić information content (AvgIpc) is 2.88. The third kappa shape index (κ3) is 3.22. The number of ether oxygens (including phenoxy) is 1. The van der Waals surface area contributed by atoms with Gasteiger partial charge in [-0.25, -0.2) is 4.39 Å². The van der Waals surface area contributed by atoms with Gasteiger partial charge >= 0.3 is 0 Å². The van der Waals surface area contributed by atoms with Crippen molar-refractivity contribution in [1.29, 1.82) is 0 Å². The maximum atomic E-state index is 13.3. The second kappa shape index (κ2) is 6.08. The van der Waals surface area contributed by atoms with Crippen LogP contribution in [0.25, 0.3) is 0 Å². The number of benzene rings is 2. The number of nitrogens with two attached hydrogens (primary N) is 1. The van der Waals surface area contributed by atoms with Gasteiger partial charge in [-0.2, -0.15) is 0 Å². The van der Waals surface area contributed by atoms with Crippen molar-refractivity contribution in [2.75, 3.05) is 6.61 Å². The Labute approximate surface area is 128 Å². The molecular weight excluding hydrogens is 285 g/mol. The van der Waals surface area contributed by atoms with E-state index in [1.54, 1.807) is 6.07 Å². The van der Waals surface area contributed by atoms with Crippen LogP contribution in [-0.2, 0) is 6.42 Å². The molecule has 110 valence electrons. The van der Waals surface area contributed by atoms with Gasteiger partial charge in [0.15, 0.2) is 0 Å². The molecule has 1 aliphatic rings. The van der Waals surface area contributed by atoms with Gasteiger partial charge in [0.2, 0.25) is 0 Å². The summed E-state index contributed by atoms with van der Waals surface area (Å²) in [7, 11) is 0. The van der Waals surface area contributed by atoms with E-state index in [0.29, 0.717) is 17.6 Å². The summed E-state index contributed by atoms with van der Waals surface area (Å²) in [5.41, 5.74) is 7.98. The van der Waals surface area contributed by atoms with Crippen molar-refractivity contribution in [2.45, 2.75) is 29.5 Å². The van der Waals surface area contributed by atoms with E-state index < -0.39 is 0 Å². The van der Waals surface area contributed by atoms with E-state index in [1.807, 2.05) is 18.7 Å². The number of rotatable bonds is 4. The molecule has 2 atom stereocenters. The minimum absolute atomic E-state index is 0.246. The molecule has 2 aromatic rings. The highest BCUT2D eigenvalue weighted by Crippen LogP contribution is 2.37. The van der Waals surface area contributed by atoms with E-state index in [4.69, 9.17) is 10.5 Å². The highest BCUT2D eigenvalue weighted by molar-refractivity contribution is 8.00. The van der Waals surface area contributed by atoms with Crippen molar-refractivity contribution in [3.63, 3.8) is 0 Å². The lowest BCUT2D eigenvalue weighted by atomic mass is 10.1. The first-order chi connectivity index (χ1) is 10.1. The molecular formula is C17H18FNOS. The van der Waals surface area contributed by atoms with Crippen molar-refractivity contribution >= 4 is 11.8 Å².